The van der Waals surface area contributed by atoms with Crippen molar-refractivity contribution in [2.24, 2.45) is 0 Å². The number of rotatable bonds is 5. The Balaban J connectivity index is 2.00. The van der Waals surface area contributed by atoms with Gasteiger partial charge in [-0.1, -0.05) is 18.2 Å². The van der Waals surface area contributed by atoms with E-state index in [-0.39, 0.29) is 17.9 Å². The van der Waals surface area contributed by atoms with Gasteiger partial charge in [-0.25, -0.2) is 4.39 Å². The van der Waals surface area contributed by atoms with Crippen molar-refractivity contribution in [1.82, 2.24) is 9.88 Å². The second-order valence-corrected chi connectivity index (χ2v) is 4.85. The molecule has 0 aliphatic carbocycles. The van der Waals surface area contributed by atoms with Crippen LogP contribution in [0.5, 0.6) is 0 Å². The number of carbonyl (C=O) groups excluding carboxylic acids is 1. The van der Waals surface area contributed by atoms with Crippen LogP contribution in [0.3, 0.4) is 0 Å². The zero-order valence-corrected chi connectivity index (χ0v) is 11.6. The van der Waals surface area contributed by atoms with Gasteiger partial charge >= 0.3 is 0 Å². The van der Waals surface area contributed by atoms with Crippen LogP contribution in [0.4, 0.5) is 4.39 Å². The number of pyridine rings is 1. The summed E-state index contributed by atoms with van der Waals surface area (Å²) in [7, 11) is 1.82. The molecule has 104 valence electrons. The highest BCUT2D eigenvalue weighted by atomic mass is 19.1. The van der Waals surface area contributed by atoms with Crippen LogP contribution in [0.15, 0.2) is 42.5 Å². The van der Waals surface area contributed by atoms with Crippen LogP contribution in [0.25, 0.3) is 0 Å². The van der Waals surface area contributed by atoms with Crippen molar-refractivity contribution in [3.05, 3.63) is 65.2 Å². The van der Waals surface area contributed by atoms with Gasteiger partial charge in [0.05, 0.1) is 17.8 Å². The van der Waals surface area contributed by atoms with Gasteiger partial charge in [0.1, 0.15) is 5.82 Å². The summed E-state index contributed by atoms with van der Waals surface area (Å²) in [6.45, 7) is 2.65. The smallest absolute Gasteiger partial charge is 0.179 e. The van der Waals surface area contributed by atoms with E-state index in [4.69, 9.17) is 0 Å². The lowest BCUT2D eigenvalue weighted by atomic mass is 10.1. The summed E-state index contributed by atoms with van der Waals surface area (Å²) in [5.41, 5.74) is 1.97. The van der Waals surface area contributed by atoms with Gasteiger partial charge < -0.3 is 0 Å². The van der Waals surface area contributed by atoms with Crippen molar-refractivity contribution in [3.8, 4) is 0 Å². The topological polar surface area (TPSA) is 33.2 Å². The average molecular weight is 272 g/mol. The van der Waals surface area contributed by atoms with Crippen molar-refractivity contribution in [2.75, 3.05) is 13.6 Å². The maximum absolute atomic E-state index is 13.5. The Morgan fingerprint density at radius 2 is 1.95 bits per heavy atom. The third-order valence-corrected chi connectivity index (χ3v) is 2.97. The number of benzene rings is 1. The Morgan fingerprint density at radius 1 is 1.20 bits per heavy atom. The lowest BCUT2D eigenvalue weighted by molar-refractivity contribution is 0.0938. The molecule has 3 nitrogen and oxygen atoms in total. The van der Waals surface area contributed by atoms with E-state index in [1.54, 1.807) is 12.1 Å². The van der Waals surface area contributed by atoms with Crippen LogP contribution in [0.1, 0.15) is 21.7 Å². The van der Waals surface area contributed by atoms with E-state index in [2.05, 4.69) is 4.98 Å². The van der Waals surface area contributed by atoms with E-state index in [0.717, 1.165) is 11.4 Å². The maximum atomic E-state index is 13.5. The zero-order chi connectivity index (χ0) is 14.5. The molecular formula is C16H17FN2O. The van der Waals surface area contributed by atoms with E-state index in [1.165, 1.54) is 12.1 Å². The molecule has 0 atom stereocenters. The number of likely N-dealkylation sites (N-methyl/N-ethyl adjacent to an activating group) is 1. The molecule has 20 heavy (non-hydrogen) atoms. The van der Waals surface area contributed by atoms with Crippen molar-refractivity contribution in [2.45, 2.75) is 13.5 Å². The number of ketones is 1. The van der Waals surface area contributed by atoms with Crippen molar-refractivity contribution >= 4 is 5.78 Å². The molecule has 0 saturated heterocycles. The maximum Gasteiger partial charge on any atom is 0.179 e. The molecule has 1 aromatic carbocycles. The Hall–Kier alpha value is -2.07. The molecule has 0 saturated carbocycles. The molecule has 0 bridgehead atoms. The molecule has 1 aromatic heterocycles. The Morgan fingerprint density at radius 3 is 2.65 bits per heavy atom. The average Bonchev–Trinajstić information content (AvgIpc) is 2.38. The highest BCUT2D eigenvalue weighted by Crippen LogP contribution is 2.09. The summed E-state index contributed by atoms with van der Waals surface area (Å²) in [6, 6.07) is 11.8. The highest BCUT2D eigenvalue weighted by molar-refractivity contribution is 5.97. The number of nitrogens with zero attached hydrogens (tertiary/aromatic N) is 2. The van der Waals surface area contributed by atoms with Crippen LogP contribution >= 0.6 is 0 Å². The fourth-order valence-corrected chi connectivity index (χ4v) is 2.04. The summed E-state index contributed by atoms with van der Waals surface area (Å²) in [6.07, 6.45) is 0. The first-order valence-electron chi connectivity index (χ1n) is 6.45. The molecule has 1 heterocycles. The molecule has 0 fully saturated rings. The third kappa shape index (κ3) is 3.71. The van der Waals surface area contributed by atoms with Gasteiger partial charge in [-0.3, -0.25) is 14.7 Å². The second-order valence-electron chi connectivity index (χ2n) is 4.85. The van der Waals surface area contributed by atoms with Crippen molar-refractivity contribution < 1.29 is 9.18 Å². The SMILES string of the molecule is Cc1cccc(CN(C)CC(=O)c2ccccc2F)n1. The summed E-state index contributed by atoms with van der Waals surface area (Å²) in [5.74, 6) is -0.696. The molecule has 0 radical (unpaired) electrons. The van der Waals surface area contributed by atoms with E-state index in [0.29, 0.717) is 6.54 Å². The summed E-state index contributed by atoms with van der Waals surface area (Å²) in [5, 5.41) is 0. The Labute approximate surface area is 118 Å². The standard InChI is InChI=1S/C16H17FN2O/c1-12-6-5-7-13(18-12)10-19(2)11-16(20)14-8-3-4-9-15(14)17/h3-9H,10-11H2,1-2H3. The fraction of sp³-hybridized carbons (Fsp3) is 0.250. The lowest BCUT2D eigenvalue weighted by Gasteiger charge is -2.15. The lowest BCUT2D eigenvalue weighted by Crippen LogP contribution is -2.26. The highest BCUT2D eigenvalue weighted by Gasteiger charge is 2.13. The minimum absolute atomic E-state index is 0.136. The van der Waals surface area contributed by atoms with E-state index in [1.807, 2.05) is 37.1 Å². The quantitative estimate of drug-likeness (QED) is 0.785. The zero-order valence-electron chi connectivity index (χ0n) is 11.6. The predicted molar refractivity (Wildman–Crippen MR) is 76.0 cm³/mol. The van der Waals surface area contributed by atoms with E-state index < -0.39 is 5.82 Å². The second kappa shape index (κ2) is 6.39. The van der Waals surface area contributed by atoms with Gasteiger partial charge in [-0.05, 0) is 38.2 Å². The number of hydrogen-bond donors (Lipinski definition) is 0. The minimum Gasteiger partial charge on any atom is -0.293 e. The van der Waals surface area contributed by atoms with Gasteiger partial charge in [-0.15, -0.1) is 0 Å². The number of halogens is 1. The van der Waals surface area contributed by atoms with Crippen LogP contribution in [0, 0.1) is 12.7 Å². The molecule has 2 rings (SSSR count). The molecule has 0 N–H and O–H groups in total. The minimum atomic E-state index is -0.473. The summed E-state index contributed by atoms with van der Waals surface area (Å²) < 4.78 is 13.5. The van der Waals surface area contributed by atoms with Crippen LogP contribution in [0.2, 0.25) is 0 Å². The number of carbonyl (C=O) groups is 1. The van der Waals surface area contributed by atoms with E-state index in [9.17, 15) is 9.18 Å². The van der Waals surface area contributed by atoms with Crippen LogP contribution < -0.4 is 0 Å². The number of hydrogen-bond acceptors (Lipinski definition) is 3. The van der Waals surface area contributed by atoms with Crippen LogP contribution in [-0.2, 0) is 6.54 Å². The summed E-state index contributed by atoms with van der Waals surface area (Å²) in [4.78, 5) is 18.2. The molecule has 0 amide bonds. The van der Waals surface area contributed by atoms with Crippen molar-refractivity contribution in [1.29, 1.82) is 0 Å². The first-order valence-corrected chi connectivity index (χ1v) is 6.45. The molecule has 2 aromatic rings. The molecule has 0 aliphatic rings. The number of aromatic nitrogens is 1. The molecule has 0 aliphatic heterocycles. The van der Waals surface area contributed by atoms with Gasteiger partial charge in [0.15, 0.2) is 5.78 Å². The first kappa shape index (κ1) is 14.3. The molecular weight excluding hydrogens is 255 g/mol. The van der Waals surface area contributed by atoms with Gasteiger partial charge in [0.2, 0.25) is 0 Å². The number of aryl methyl sites for hydroxylation is 1. The molecule has 4 heteroatoms. The van der Waals surface area contributed by atoms with E-state index >= 15 is 0 Å². The fourth-order valence-electron chi connectivity index (χ4n) is 2.04. The normalized spacial score (nSPS) is 10.8. The first-order chi connectivity index (χ1) is 9.56. The molecule has 0 spiro atoms. The van der Waals surface area contributed by atoms with Gasteiger partial charge in [0.25, 0.3) is 0 Å². The van der Waals surface area contributed by atoms with Crippen LogP contribution in [-0.4, -0.2) is 29.3 Å². The number of Topliss-reactive ketones (excluding diaryl/α,β-unsaturated/α-hetero) is 1. The summed E-state index contributed by atoms with van der Waals surface area (Å²) >= 11 is 0. The molecule has 0 unspecified atom stereocenters. The Kier molecular flexibility index (Phi) is 4.58. The monoisotopic (exact) mass is 272 g/mol. The van der Waals surface area contributed by atoms with Gasteiger partial charge in [0, 0.05) is 12.2 Å². The predicted octanol–water partition coefficient (Wildman–Crippen LogP) is 2.84. The van der Waals surface area contributed by atoms with Crippen molar-refractivity contribution in [3.63, 3.8) is 0 Å². The Bertz CT molecular complexity index is 613. The largest absolute Gasteiger partial charge is 0.293 e. The van der Waals surface area contributed by atoms with Gasteiger partial charge in [-0.2, -0.15) is 0 Å². The third-order valence-electron chi connectivity index (χ3n) is 2.97.